The molecule has 0 saturated heterocycles. The third-order valence-electron chi connectivity index (χ3n) is 5.94. The maximum Gasteiger partial charge on any atom is 0.319 e. The van der Waals surface area contributed by atoms with E-state index in [1.807, 2.05) is 56.4 Å². The van der Waals surface area contributed by atoms with Crippen LogP contribution in [0.4, 0.5) is 10.5 Å². The molecule has 7 nitrogen and oxygen atoms in total. The number of urea groups is 1. The molecule has 0 saturated carbocycles. The van der Waals surface area contributed by atoms with E-state index in [2.05, 4.69) is 54.6 Å². The molecule has 2 N–H and O–H groups in total. The van der Waals surface area contributed by atoms with E-state index in [1.165, 1.54) is 6.33 Å². The average Bonchev–Trinajstić information content (AvgIpc) is 3.12. The molecule has 166 valence electrons. The standard InChI is InChI=1S/C23H33N5O2Si/c1-16-9-8-10-19(13-16)27-22(29)26-17(2)21(30-31(6,7)23(3,4)5)18-11-12-20-24-15-25-28(20)14-18/h8-15,17,21H,1-7H3,(H2,26,27,29)/t17-,21+/m1/s1. The zero-order chi connectivity index (χ0) is 22.8. The number of nitrogens with one attached hydrogen (secondary N) is 2. The maximum atomic E-state index is 12.7. The Bertz CT molecular complexity index is 1060. The van der Waals surface area contributed by atoms with Gasteiger partial charge in [-0.05, 0) is 55.7 Å². The molecule has 1 aromatic carbocycles. The lowest BCUT2D eigenvalue weighted by atomic mass is 10.1. The van der Waals surface area contributed by atoms with Crippen LogP contribution in [0.25, 0.3) is 5.65 Å². The predicted molar refractivity (Wildman–Crippen MR) is 127 cm³/mol. The van der Waals surface area contributed by atoms with Crippen molar-refractivity contribution in [3.63, 3.8) is 0 Å². The molecule has 0 aliphatic heterocycles. The average molecular weight is 440 g/mol. The molecule has 2 heterocycles. The van der Waals surface area contributed by atoms with Gasteiger partial charge >= 0.3 is 6.03 Å². The van der Waals surface area contributed by atoms with E-state index < -0.39 is 8.32 Å². The highest BCUT2D eigenvalue weighted by molar-refractivity contribution is 6.74. The van der Waals surface area contributed by atoms with Gasteiger partial charge in [0.05, 0.1) is 12.1 Å². The Morgan fingerprint density at radius 1 is 1.19 bits per heavy atom. The first kappa shape index (κ1) is 23.0. The van der Waals surface area contributed by atoms with Crippen molar-refractivity contribution in [3.8, 4) is 0 Å². The van der Waals surface area contributed by atoms with Gasteiger partial charge in [0.1, 0.15) is 6.33 Å². The molecule has 0 unspecified atom stereocenters. The fourth-order valence-electron chi connectivity index (χ4n) is 3.13. The van der Waals surface area contributed by atoms with Crippen molar-refractivity contribution in [1.29, 1.82) is 0 Å². The lowest BCUT2D eigenvalue weighted by Crippen LogP contribution is -2.47. The summed E-state index contributed by atoms with van der Waals surface area (Å²) in [4.78, 5) is 16.9. The number of nitrogens with zero attached hydrogens (tertiary/aromatic N) is 3. The summed E-state index contributed by atoms with van der Waals surface area (Å²) in [5.74, 6) is 0. The third kappa shape index (κ3) is 5.51. The second kappa shape index (κ2) is 8.80. The van der Waals surface area contributed by atoms with Crippen LogP contribution in [0.5, 0.6) is 0 Å². The van der Waals surface area contributed by atoms with Gasteiger partial charge in [-0.15, -0.1) is 0 Å². The summed E-state index contributed by atoms with van der Waals surface area (Å²) in [7, 11) is -2.11. The third-order valence-corrected chi connectivity index (χ3v) is 10.4. The van der Waals surface area contributed by atoms with Gasteiger partial charge in [-0.25, -0.2) is 14.3 Å². The topological polar surface area (TPSA) is 80.5 Å². The number of pyridine rings is 1. The van der Waals surface area contributed by atoms with Gasteiger partial charge in [0.2, 0.25) is 0 Å². The van der Waals surface area contributed by atoms with Crippen molar-refractivity contribution in [3.05, 3.63) is 60.0 Å². The number of aryl methyl sites for hydroxylation is 1. The van der Waals surface area contributed by atoms with Crippen molar-refractivity contribution < 1.29 is 9.22 Å². The second-order valence-corrected chi connectivity index (χ2v) is 14.3. The molecular weight excluding hydrogens is 406 g/mol. The Balaban J connectivity index is 1.84. The molecule has 3 aromatic rings. The Morgan fingerprint density at radius 2 is 1.94 bits per heavy atom. The van der Waals surface area contributed by atoms with Gasteiger partial charge in [0.15, 0.2) is 14.0 Å². The first-order valence-electron chi connectivity index (χ1n) is 10.6. The Hall–Kier alpha value is -2.71. The smallest absolute Gasteiger partial charge is 0.319 e. The summed E-state index contributed by atoms with van der Waals surface area (Å²) >= 11 is 0. The number of rotatable bonds is 6. The zero-order valence-corrected chi connectivity index (χ0v) is 20.4. The van der Waals surface area contributed by atoms with E-state index >= 15 is 0 Å². The molecule has 0 aliphatic rings. The molecule has 0 aliphatic carbocycles. The number of amides is 2. The highest BCUT2D eigenvalue weighted by Crippen LogP contribution is 2.40. The number of carbonyl (C=O) groups excluding carboxylic acids is 1. The molecular formula is C23H33N5O2Si. The molecule has 0 radical (unpaired) electrons. The second-order valence-electron chi connectivity index (χ2n) is 9.58. The zero-order valence-electron chi connectivity index (χ0n) is 19.4. The number of anilines is 1. The van der Waals surface area contributed by atoms with Crippen molar-refractivity contribution in [2.75, 3.05) is 5.32 Å². The number of benzene rings is 1. The van der Waals surface area contributed by atoms with Gasteiger partial charge in [-0.1, -0.05) is 39.0 Å². The molecule has 0 spiro atoms. The fraction of sp³-hybridized carbons (Fsp3) is 0.435. The van der Waals surface area contributed by atoms with Gasteiger partial charge in [-0.2, -0.15) is 5.10 Å². The normalized spacial score (nSPS) is 14.3. The minimum absolute atomic E-state index is 0.0339. The summed E-state index contributed by atoms with van der Waals surface area (Å²) in [6.07, 6.45) is 3.13. The van der Waals surface area contributed by atoms with E-state index in [4.69, 9.17) is 4.43 Å². The first-order chi connectivity index (χ1) is 14.5. The van der Waals surface area contributed by atoms with E-state index in [9.17, 15) is 4.79 Å². The van der Waals surface area contributed by atoms with Gasteiger partial charge < -0.3 is 15.1 Å². The Kier molecular flexibility index (Phi) is 6.52. The van der Waals surface area contributed by atoms with E-state index in [0.29, 0.717) is 0 Å². The molecule has 2 atom stereocenters. The maximum absolute atomic E-state index is 12.7. The Morgan fingerprint density at radius 3 is 2.61 bits per heavy atom. The summed E-state index contributed by atoms with van der Waals surface area (Å²) in [6, 6.07) is 11.1. The van der Waals surface area contributed by atoms with Crippen LogP contribution in [0.3, 0.4) is 0 Å². The van der Waals surface area contributed by atoms with Crippen LogP contribution in [-0.4, -0.2) is 35.0 Å². The van der Waals surface area contributed by atoms with Crippen LogP contribution in [0.1, 0.15) is 44.9 Å². The fourth-order valence-corrected chi connectivity index (χ4v) is 4.46. The summed E-state index contributed by atoms with van der Waals surface area (Å²) < 4.78 is 8.51. The van der Waals surface area contributed by atoms with Crippen LogP contribution in [0, 0.1) is 6.92 Å². The molecule has 0 bridgehead atoms. The van der Waals surface area contributed by atoms with Crippen LogP contribution in [0.2, 0.25) is 18.1 Å². The van der Waals surface area contributed by atoms with Gasteiger partial charge in [0.25, 0.3) is 0 Å². The number of aromatic nitrogens is 3. The molecule has 8 heteroatoms. The van der Waals surface area contributed by atoms with Crippen molar-refractivity contribution in [2.24, 2.45) is 0 Å². The summed E-state index contributed by atoms with van der Waals surface area (Å²) in [5, 5.41) is 10.3. The largest absolute Gasteiger partial charge is 0.408 e. The Labute approximate surface area is 185 Å². The van der Waals surface area contributed by atoms with Crippen molar-refractivity contribution in [1.82, 2.24) is 19.9 Å². The van der Waals surface area contributed by atoms with E-state index in [-0.39, 0.29) is 23.2 Å². The van der Waals surface area contributed by atoms with Crippen LogP contribution in [-0.2, 0) is 4.43 Å². The highest BCUT2D eigenvalue weighted by Gasteiger charge is 2.41. The molecule has 31 heavy (non-hydrogen) atoms. The predicted octanol–water partition coefficient (Wildman–Crippen LogP) is 5.31. The van der Waals surface area contributed by atoms with Crippen molar-refractivity contribution >= 4 is 25.7 Å². The van der Waals surface area contributed by atoms with E-state index in [1.54, 1.807) is 4.52 Å². The number of fused-ring (bicyclic) bond motifs is 1. The SMILES string of the molecule is Cc1cccc(NC(=O)N[C@H](C)[C@H](O[Si](C)(C)C(C)(C)C)c2ccc3ncnn3c2)c1. The summed E-state index contributed by atoms with van der Waals surface area (Å²) in [5.41, 5.74) is 3.57. The minimum Gasteiger partial charge on any atom is -0.408 e. The number of hydrogen-bond donors (Lipinski definition) is 2. The van der Waals surface area contributed by atoms with Crippen LogP contribution >= 0.6 is 0 Å². The van der Waals surface area contributed by atoms with Crippen molar-refractivity contribution in [2.45, 2.75) is 64.9 Å². The monoisotopic (exact) mass is 439 g/mol. The first-order valence-corrected chi connectivity index (χ1v) is 13.5. The molecule has 2 amide bonds. The highest BCUT2D eigenvalue weighted by atomic mass is 28.4. The number of carbonyl (C=O) groups is 1. The van der Waals surface area contributed by atoms with Gasteiger partial charge in [0, 0.05) is 17.4 Å². The quantitative estimate of drug-likeness (QED) is 0.510. The van der Waals surface area contributed by atoms with Crippen LogP contribution < -0.4 is 10.6 Å². The molecule has 0 fully saturated rings. The number of hydrogen-bond acceptors (Lipinski definition) is 4. The lowest BCUT2D eigenvalue weighted by molar-refractivity contribution is 0.146. The molecule has 3 rings (SSSR count). The van der Waals surface area contributed by atoms with Crippen LogP contribution in [0.15, 0.2) is 48.9 Å². The molecule has 2 aromatic heterocycles. The van der Waals surface area contributed by atoms with E-state index in [0.717, 1.165) is 22.5 Å². The summed E-state index contributed by atoms with van der Waals surface area (Å²) in [6.45, 7) is 15.0. The van der Waals surface area contributed by atoms with Gasteiger partial charge in [-0.3, -0.25) is 0 Å². The minimum atomic E-state index is -2.11. The lowest BCUT2D eigenvalue weighted by Gasteiger charge is -2.41.